The van der Waals surface area contributed by atoms with Crippen LogP contribution < -0.4 is 0 Å². The van der Waals surface area contributed by atoms with Gasteiger partial charge in [0.2, 0.25) is 0 Å². The summed E-state index contributed by atoms with van der Waals surface area (Å²) in [7, 11) is 0. The summed E-state index contributed by atoms with van der Waals surface area (Å²) in [4.78, 5) is 0. The van der Waals surface area contributed by atoms with E-state index in [1.54, 1.807) is 0 Å². The van der Waals surface area contributed by atoms with Crippen molar-refractivity contribution in [1.29, 1.82) is 5.26 Å². The second kappa shape index (κ2) is 6.17. The average molecular weight is 251 g/mol. The fraction of sp³-hybridized carbons (Fsp3) is 0.235. The van der Waals surface area contributed by atoms with Crippen LogP contribution in [0, 0.1) is 25.2 Å². The van der Waals surface area contributed by atoms with Crippen molar-refractivity contribution in [1.82, 2.24) is 0 Å². The fourth-order valence-corrected chi connectivity index (χ4v) is 1.96. The molecule has 0 spiro atoms. The maximum Gasteiger partial charge on any atom is 0.0991 e. The molecule has 2 heteroatoms. The molecule has 0 atom stereocenters. The molecule has 19 heavy (non-hydrogen) atoms. The lowest BCUT2D eigenvalue weighted by molar-refractivity contribution is 0.107. The normalized spacial score (nSPS) is 10.2. The van der Waals surface area contributed by atoms with E-state index in [0.717, 1.165) is 5.56 Å². The Balaban J connectivity index is 1.91. The van der Waals surface area contributed by atoms with Crippen molar-refractivity contribution < 1.29 is 4.74 Å². The van der Waals surface area contributed by atoms with Gasteiger partial charge in [-0.3, -0.25) is 0 Å². The van der Waals surface area contributed by atoms with Crippen molar-refractivity contribution in [2.75, 3.05) is 0 Å². The summed E-state index contributed by atoms with van der Waals surface area (Å²) in [5.41, 5.74) is 5.52. The summed E-state index contributed by atoms with van der Waals surface area (Å²) in [6, 6.07) is 16.0. The monoisotopic (exact) mass is 251 g/mol. The molecular weight excluding hydrogens is 234 g/mol. The molecule has 0 amide bonds. The lowest BCUT2D eigenvalue weighted by atomic mass is 10.1. The van der Waals surface area contributed by atoms with Crippen molar-refractivity contribution in [3.63, 3.8) is 0 Å². The smallest absolute Gasteiger partial charge is 0.0991 e. The number of hydrogen-bond donors (Lipinski definition) is 0. The predicted molar refractivity (Wildman–Crippen MR) is 75.6 cm³/mol. The molecule has 0 heterocycles. The minimum Gasteiger partial charge on any atom is -0.372 e. The Labute approximate surface area is 114 Å². The molecule has 0 fully saturated rings. The molecule has 2 nitrogen and oxygen atoms in total. The highest BCUT2D eigenvalue weighted by Gasteiger charge is 2.00. The molecule has 0 saturated carbocycles. The van der Waals surface area contributed by atoms with E-state index in [2.05, 4.69) is 38.1 Å². The van der Waals surface area contributed by atoms with E-state index in [4.69, 9.17) is 10.00 Å². The van der Waals surface area contributed by atoms with Crippen LogP contribution in [-0.2, 0) is 18.0 Å². The Morgan fingerprint density at radius 1 is 1.00 bits per heavy atom. The Hall–Kier alpha value is -2.11. The van der Waals surface area contributed by atoms with Crippen LogP contribution >= 0.6 is 0 Å². The van der Waals surface area contributed by atoms with Crippen molar-refractivity contribution in [3.8, 4) is 6.07 Å². The number of aryl methyl sites for hydroxylation is 2. The molecule has 0 radical (unpaired) electrons. The minimum absolute atomic E-state index is 0.568. The van der Waals surface area contributed by atoms with E-state index in [1.165, 1.54) is 16.7 Å². The first-order chi connectivity index (χ1) is 9.19. The molecule has 0 aliphatic heterocycles. The average Bonchev–Trinajstić information content (AvgIpc) is 2.42. The predicted octanol–water partition coefficient (Wildman–Crippen LogP) is 3.89. The van der Waals surface area contributed by atoms with Gasteiger partial charge in [-0.05, 0) is 42.7 Å². The van der Waals surface area contributed by atoms with Crippen molar-refractivity contribution in [2.45, 2.75) is 27.1 Å². The Morgan fingerprint density at radius 3 is 2.37 bits per heavy atom. The quantitative estimate of drug-likeness (QED) is 0.825. The molecule has 2 rings (SSSR count). The van der Waals surface area contributed by atoms with Crippen LogP contribution in [0.2, 0.25) is 0 Å². The minimum atomic E-state index is 0.568. The van der Waals surface area contributed by atoms with Gasteiger partial charge in [-0.1, -0.05) is 35.9 Å². The Bertz CT molecular complexity index is 594. The summed E-state index contributed by atoms with van der Waals surface area (Å²) in [6.45, 7) is 5.38. The van der Waals surface area contributed by atoms with Crippen LogP contribution in [0.25, 0.3) is 0 Å². The zero-order valence-electron chi connectivity index (χ0n) is 11.3. The van der Waals surface area contributed by atoms with Crippen molar-refractivity contribution in [2.24, 2.45) is 0 Å². The first kappa shape index (κ1) is 13.3. The molecule has 0 bridgehead atoms. The number of ether oxygens (including phenoxy) is 1. The molecule has 2 aromatic rings. The third kappa shape index (κ3) is 3.67. The van der Waals surface area contributed by atoms with Gasteiger partial charge in [0, 0.05) is 0 Å². The third-order valence-corrected chi connectivity index (χ3v) is 3.11. The van der Waals surface area contributed by atoms with E-state index < -0.39 is 0 Å². The Kier molecular flexibility index (Phi) is 4.33. The van der Waals surface area contributed by atoms with Crippen LogP contribution in [0.1, 0.15) is 27.8 Å². The van der Waals surface area contributed by atoms with Gasteiger partial charge in [0.15, 0.2) is 0 Å². The molecular formula is C17H17NO. The SMILES string of the molecule is Cc1ccc(COCc2ccc(C#N)cc2)c(C)c1. The van der Waals surface area contributed by atoms with E-state index in [9.17, 15) is 0 Å². The van der Waals surface area contributed by atoms with E-state index in [0.29, 0.717) is 18.8 Å². The number of nitrogens with zero attached hydrogens (tertiary/aromatic N) is 1. The topological polar surface area (TPSA) is 33.0 Å². The summed E-state index contributed by atoms with van der Waals surface area (Å²) in [6.07, 6.45) is 0. The summed E-state index contributed by atoms with van der Waals surface area (Å²) >= 11 is 0. The molecule has 0 N–H and O–H groups in total. The van der Waals surface area contributed by atoms with Crippen LogP contribution in [0.5, 0.6) is 0 Å². The molecule has 0 unspecified atom stereocenters. The van der Waals surface area contributed by atoms with E-state index in [1.807, 2.05) is 24.3 Å². The lowest BCUT2D eigenvalue weighted by Gasteiger charge is -2.08. The van der Waals surface area contributed by atoms with Crippen molar-refractivity contribution in [3.05, 3.63) is 70.3 Å². The van der Waals surface area contributed by atoms with Crippen LogP contribution in [0.15, 0.2) is 42.5 Å². The first-order valence-electron chi connectivity index (χ1n) is 6.32. The largest absolute Gasteiger partial charge is 0.372 e. The maximum absolute atomic E-state index is 8.72. The highest BCUT2D eigenvalue weighted by atomic mass is 16.5. The maximum atomic E-state index is 8.72. The Morgan fingerprint density at radius 2 is 1.74 bits per heavy atom. The lowest BCUT2D eigenvalue weighted by Crippen LogP contribution is -1.96. The number of rotatable bonds is 4. The van der Waals surface area contributed by atoms with Gasteiger partial charge in [0.1, 0.15) is 0 Å². The van der Waals surface area contributed by atoms with Crippen LogP contribution in [0.4, 0.5) is 0 Å². The second-order valence-electron chi connectivity index (χ2n) is 4.73. The third-order valence-electron chi connectivity index (χ3n) is 3.11. The van der Waals surface area contributed by atoms with Gasteiger partial charge in [-0.15, -0.1) is 0 Å². The van der Waals surface area contributed by atoms with Gasteiger partial charge in [0.25, 0.3) is 0 Å². The fourth-order valence-electron chi connectivity index (χ4n) is 1.96. The summed E-state index contributed by atoms with van der Waals surface area (Å²) in [5.74, 6) is 0. The molecule has 2 aromatic carbocycles. The molecule has 96 valence electrons. The van der Waals surface area contributed by atoms with E-state index in [-0.39, 0.29) is 0 Å². The molecule has 0 saturated heterocycles. The molecule has 0 aliphatic rings. The van der Waals surface area contributed by atoms with Gasteiger partial charge < -0.3 is 4.74 Å². The zero-order chi connectivity index (χ0) is 13.7. The number of benzene rings is 2. The van der Waals surface area contributed by atoms with Gasteiger partial charge in [-0.25, -0.2) is 0 Å². The highest BCUT2D eigenvalue weighted by Crippen LogP contribution is 2.13. The van der Waals surface area contributed by atoms with Crippen LogP contribution in [0.3, 0.4) is 0 Å². The molecule has 0 aromatic heterocycles. The van der Waals surface area contributed by atoms with Gasteiger partial charge >= 0.3 is 0 Å². The first-order valence-corrected chi connectivity index (χ1v) is 6.32. The summed E-state index contributed by atoms with van der Waals surface area (Å²) in [5, 5.41) is 8.72. The number of nitriles is 1. The van der Waals surface area contributed by atoms with Crippen molar-refractivity contribution >= 4 is 0 Å². The standard InChI is InChI=1S/C17H17NO/c1-13-3-8-17(14(2)9-13)12-19-11-16-6-4-15(10-18)5-7-16/h3-9H,11-12H2,1-2H3. The summed E-state index contributed by atoms with van der Waals surface area (Å²) < 4.78 is 5.72. The second-order valence-corrected chi connectivity index (χ2v) is 4.73. The zero-order valence-corrected chi connectivity index (χ0v) is 11.3. The molecule has 0 aliphatic carbocycles. The van der Waals surface area contributed by atoms with E-state index >= 15 is 0 Å². The van der Waals surface area contributed by atoms with Crippen LogP contribution in [-0.4, -0.2) is 0 Å². The van der Waals surface area contributed by atoms with Gasteiger partial charge in [0.05, 0.1) is 24.8 Å². The highest BCUT2D eigenvalue weighted by molar-refractivity contribution is 5.31. The van der Waals surface area contributed by atoms with Gasteiger partial charge in [-0.2, -0.15) is 5.26 Å². The number of hydrogen-bond acceptors (Lipinski definition) is 2.